The zero-order valence-electron chi connectivity index (χ0n) is 27.5. The maximum atomic E-state index is 14.6. The minimum atomic E-state index is -2.56. The fourth-order valence-corrected chi connectivity index (χ4v) is 6.21. The number of hydrogen-bond donors (Lipinski definition) is 0. The zero-order chi connectivity index (χ0) is 32.6. The Morgan fingerprint density at radius 2 is 1.48 bits per heavy atom. The van der Waals surface area contributed by atoms with Crippen molar-refractivity contribution in [2.75, 3.05) is 13.2 Å². The summed E-state index contributed by atoms with van der Waals surface area (Å²) in [5.41, 5.74) is -0.920. The number of allylic oxidation sites excluding steroid dienone is 1. The van der Waals surface area contributed by atoms with Crippen LogP contribution in [0.5, 0.6) is 0 Å². The van der Waals surface area contributed by atoms with E-state index in [2.05, 4.69) is 33.9 Å². The van der Waals surface area contributed by atoms with E-state index < -0.39 is 68.3 Å². The maximum absolute atomic E-state index is 14.6. The van der Waals surface area contributed by atoms with Gasteiger partial charge in [-0.3, -0.25) is 24.0 Å². The maximum Gasteiger partial charge on any atom is 0.302 e. The second-order valence-corrected chi connectivity index (χ2v) is 17.6. The summed E-state index contributed by atoms with van der Waals surface area (Å²) >= 11 is 0. The number of ether oxygens (including phenoxy) is 4. The van der Waals surface area contributed by atoms with Gasteiger partial charge < -0.3 is 23.4 Å². The van der Waals surface area contributed by atoms with Crippen molar-refractivity contribution in [3.05, 3.63) is 12.2 Å². The van der Waals surface area contributed by atoms with Crippen molar-refractivity contribution in [1.29, 1.82) is 0 Å². The van der Waals surface area contributed by atoms with Crippen LogP contribution >= 0.6 is 0 Å². The highest BCUT2D eigenvalue weighted by Crippen LogP contribution is 2.51. The van der Waals surface area contributed by atoms with E-state index in [1.807, 2.05) is 32.9 Å². The summed E-state index contributed by atoms with van der Waals surface area (Å²) in [5.74, 6) is -4.95. The molecule has 0 aromatic carbocycles. The van der Waals surface area contributed by atoms with Crippen LogP contribution in [-0.2, 0) is 47.3 Å². The molecule has 0 spiro atoms. The van der Waals surface area contributed by atoms with Crippen molar-refractivity contribution in [1.82, 2.24) is 0 Å². The van der Waals surface area contributed by atoms with Gasteiger partial charge in [-0.25, -0.2) is 0 Å². The van der Waals surface area contributed by atoms with Gasteiger partial charge in [0.2, 0.25) is 0 Å². The summed E-state index contributed by atoms with van der Waals surface area (Å²) in [4.78, 5) is 63.0. The number of esters is 3. The molecule has 0 amide bonds. The normalized spacial score (nSPS) is 22.4. The third-order valence-electron chi connectivity index (χ3n) is 8.27. The summed E-state index contributed by atoms with van der Waals surface area (Å²) < 4.78 is 29.4. The standard InChI is InChI=1S/C31H52O10Si/c1-13-15-19(3)28-31(10,40-28)29(41-42(11,12)30(7,8)9)25(18-38-21(5)33)27(36)24(17-37-20(4)32)26(39-22(6)34)16-23(35)14-2/h13,15,19,24-26,28-29H,14,16-18H2,1-12H3/b15-13-/t19-,24+,25-,26+,28+,29-,31?/m0/s1. The van der Waals surface area contributed by atoms with E-state index in [9.17, 15) is 24.0 Å². The molecule has 0 radical (unpaired) electrons. The Balaban J connectivity index is 3.80. The molecule has 1 aliphatic rings. The topological polar surface area (TPSA) is 135 Å². The van der Waals surface area contributed by atoms with Crippen molar-refractivity contribution < 1.29 is 47.3 Å². The Bertz CT molecular complexity index is 1010. The molecule has 0 saturated carbocycles. The minimum absolute atomic E-state index is 0.00260. The SMILES string of the molecule is C/C=C\[C@H](C)[C@H]1OC1(C)[C@@H](O[Si](C)(C)C(C)(C)C)[C@@H](COC(C)=O)C(=O)[C@H](COC(C)=O)[C@@H](CC(=O)CC)OC(C)=O. The molecule has 0 aliphatic carbocycles. The minimum Gasteiger partial charge on any atom is -0.465 e. The lowest BCUT2D eigenvalue weighted by Gasteiger charge is -2.43. The number of rotatable bonds is 17. The van der Waals surface area contributed by atoms with E-state index in [1.165, 1.54) is 20.8 Å². The lowest BCUT2D eigenvalue weighted by atomic mass is 9.79. The summed E-state index contributed by atoms with van der Waals surface area (Å²) in [6, 6.07) is 0. The van der Waals surface area contributed by atoms with E-state index in [0.29, 0.717) is 0 Å². The number of epoxide rings is 1. The van der Waals surface area contributed by atoms with Gasteiger partial charge in [-0.05, 0) is 32.0 Å². The quantitative estimate of drug-likeness (QED) is 0.0728. The lowest BCUT2D eigenvalue weighted by Crippen LogP contribution is -2.55. The predicted octanol–water partition coefficient (Wildman–Crippen LogP) is 4.98. The van der Waals surface area contributed by atoms with Gasteiger partial charge in [0, 0.05) is 39.5 Å². The lowest BCUT2D eigenvalue weighted by molar-refractivity contribution is -0.160. The predicted molar refractivity (Wildman–Crippen MR) is 160 cm³/mol. The summed E-state index contributed by atoms with van der Waals surface area (Å²) in [6.45, 7) is 20.7. The highest BCUT2D eigenvalue weighted by atomic mass is 28.4. The highest BCUT2D eigenvalue weighted by molar-refractivity contribution is 6.74. The summed E-state index contributed by atoms with van der Waals surface area (Å²) in [5, 5.41) is -0.235. The molecule has 42 heavy (non-hydrogen) atoms. The van der Waals surface area contributed by atoms with Crippen LogP contribution < -0.4 is 0 Å². The molecule has 7 atom stereocenters. The van der Waals surface area contributed by atoms with Crippen molar-refractivity contribution in [3.63, 3.8) is 0 Å². The molecule has 240 valence electrons. The van der Waals surface area contributed by atoms with E-state index in [-0.39, 0.29) is 42.3 Å². The molecular formula is C31H52O10Si. The first-order valence-electron chi connectivity index (χ1n) is 14.7. The van der Waals surface area contributed by atoms with E-state index >= 15 is 0 Å². The van der Waals surface area contributed by atoms with Crippen LogP contribution in [0, 0.1) is 17.8 Å². The molecule has 1 rings (SSSR count). The van der Waals surface area contributed by atoms with Gasteiger partial charge in [0.25, 0.3) is 0 Å². The fourth-order valence-electron chi connectivity index (χ4n) is 4.82. The van der Waals surface area contributed by atoms with E-state index in [0.717, 1.165) is 0 Å². The van der Waals surface area contributed by atoms with Gasteiger partial charge in [0.05, 0.1) is 24.0 Å². The summed E-state index contributed by atoms with van der Waals surface area (Å²) in [7, 11) is -2.56. The van der Waals surface area contributed by atoms with Crippen molar-refractivity contribution in [2.45, 2.75) is 124 Å². The first-order valence-corrected chi connectivity index (χ1v) is 17.6. The smallest absolute Gasteiger partial charge is 0.302 e. The molecule has 11 heteroatoms. The molecular weight excluding hydrogens is 560 g/mol. The molecule has 1 aliphatic heterocycles. The number of Topliss-reactive ketones (excluding diaryl/α,β-unsaturated/α-hetero) is 2. The summed E-state index contributed by atoms with van der Waals surface area (Å²) in [6.07, 6.45) is 1.53. The number of ketones is 2. The largest absolute Gasteiger partial charge is 0.465 e. The number of carbonyl (C=O) groups is 5. The van der Waals surface area contributed by atoms with Gasteiger partial charge in [-0.1, -0.05) is 46.8 Å². The van der Waals surface area contributed by atoms with Crippen LogP contribution in [0.3, 0.4) is 0 Å². The van der Waals surface area contributed by atoms with Crippen LogP contribution in [0.25, 0.3) is 0 Å². The van der Waals surface area contributed by atoms with Crippen molar-refractivity contribution in [3.8, 4) is 0 Å². The second kappa shape index (κ2) is 15.4. The third kappa shape index (κ3) is 10.4. The van der Waals surface area contributed by atoms with Crippen molar-refractivity contribution in [2.24, 2.45) is 17.8 Å². The molecule has 1 saturated heterocycles. The molecule has 10 nitrogen and oxygen atoms in total. The van der Waals surface area contributed by atoms with Gasteiger partial charge in [0.15, 0.2) is 14.1 Å². The van der Waals surface area contributed by atoms with Gasteiger partial charge in [-0.15, -0.1) is 0 Å². The van der Waals surface area contributed by atoms with Crippen molar-refractivity contribution >= 4 is 37.8 Å². The van der Waals surface area contributed by atoms with Crippen LogP contribution in [-0.4, -0.2) is 74.9 Å². The fraction of sp³-hybridized carbons (Fsp3) is 0.774. The Morgan fingerprint density at radius 3 is 1.90 bits per heavy atom. The Labute approximate surface area is 252 Å². The first kappa shape index (κ1) is 37.7. The molecule has 0 aromatic heterocycles. The first-order chi connectivity index (χ1) is 19.2. The zero-order valence-corrected chi connectivity index (χ0v) is 28.5. The Hall–Kier alpha value is -2.37. The molecule has 1 fully saturated rings. The van der Waals surface area contributed by atoms with Gasteiger partial charge >= 0.3 is 17.9 Å². The molecule has 1 unspecified atom stereocenters. The Morgan fingerprint density at radius 1 is 0.952 bits per heavy atom. The second-order valence-electron chi connectivity index (χ2n) is 12.9. The van der Waals surface area contributed by atoms with Crippen LogP contribution in [0.2, 0.25) is 18.1 Å². The Kier molecular flexibility index (Phi) is 13.8. The highest BCUT2D eigenvalue weighted by Gasteiger charge is 2.64. The van der Waals surface area contributed by atoms with Crippen LogP contribution in [0.15, 0.2) is 12.2 Å². The molecule has 1 heterocycles. The average Bonchev–Trinajstić information content (AvgIpc) is 3.54. The van der Waals surface area contributed by atoms with Gasteiger partial charge in [0.1, 0.15) is 30.7 Å². The average molecular weight is 613 g/mol. The van der Waals surface area contributed by atoms with Crippen LogP contribution in [0.1, 0.15) is 82.1 Å². The van der Waals surface area contributed by atoms with Gasteiger partial charge in [-0.2, -0.15) is 0 Å². The van der Waals surface area contributed by atoms with Crippen LogP contribution in [0.4, 0.5) is 0 Å². The molecule has 0 bridgehead atoms. The van der Waals surface area contributed by atoms with E-state index in [4.69, 9.17) is 23.4 Å². The molecule has 0 N–H and O–H groups in total. The third-order valence-corrected chi connectivity index (χ3v) is 12.7. The number of carbonyl (C=O) groups excluding carboxylic acids is 5. The number of hydrogen-bond acceptors (Lipinski definition) is 10. The monoisotopic (exact) mass is 612 g/mol. The molecule has 0 aromatic rings. The van der Waals surface area contributed by atoms with E-state index in [1.54, 1.807) is 6.92 Å².